The molecule has 4 rings (SSSR count). The van der Waals surface area contributed by atoms with Gasteiger partial charge in [-0.2, -0.15) is 0 Å². The zero-order valence-electron chi connectivity index (χ0n) is 15.5. The third-order valence-corrected chi connectivity index (χ3v) is 5.17. The number of hydrogen-bond donors (Lipinski definition) is 1. The number of carbonyl (C=O) groups is 1. The average molecular weight is 418 g/mol. The number of benzene rings is 2. The molecule has 0 aliphatic carbocycles. The second kappa shape index (κ2) is 8.67. The molecule has 28 heavy (non-hydrogen) atoms. The molecule has 2 heterocycles. The second-order valence-electron chi connectivity index (χ2n) is 6.57. The van der Waals surface area contributed by atoms with Crippen LogP contribution in [-0.4, -0.2) is 17.6 Å². The first kappa shape index (κ1) is 20.2. The van der Waals surface area contributed by atoms with Crippen molar-refractivity contribution in [2.24, 2.45) is 0 Å². The van der Waals surface area contributed by atoms with Crippen LogP contribution >= 0.6 is 11.6 Å². The van der Waals surface area contributed by atoms with E-state index in [0.717, 1.165) is 36.4 Å². The summed E-state index contributed by atoms with van der Waals surface area (Å²) in [6, 6.07) is 15.3. The van der Waals surface area contributed by atoms with Crippen LogP contribution in [0.3, 0.4) is 0 Å². The highest BCUT2D eigenvalue weighted by atomic mass is 35.5. The molecule has 0 unspecified atom stereocenters. The Morgan fingerprint density at radius 2 is 1.96 bits per heavy atom. The van der Waals surface area contributed by atoms with E-state index in [9.17, 15) is 4.79 Å². The minimum absolute atomic E-state index is 0. The van der Waals surface area contributed by atoms with Crippen molar-refractivity contribution in [2.75, 3.05) is 12.4 Å². The predicted molar refractivity (Wildman–Crippen MR) is 105 cm³/mol. The molecule has 1 aromatic heterocycles. The van der Waals surface area contributed by atoms with E-state index in [2.05, 4.69) is 16.1 Å². The van der Waals surface area contributed by atoms with Gasteiger partial charge < -0.3 is 22.5 Å². The number of carbonyl (C=O) groups excluding carboxylic acids is 1. The summed E-state index contributed by atoms with van der Waals surface area (Å²) in [6.07, 6.45) is 4.11. The Kier molecular flexibility index (Phi) is 6.27. The maximum atomic E-state index is 12.5. The largest absolute Gasteiger partial charge is 1.00 e. The molecule has 0 radical (unpaired) electrons. The van der Waals surface area contributed by atoms with E-state index in [1.165, 1.54) is 5.82 Å². The fourth-order valence-electron chi connectivity index (χ4n) is 3.55. The number of halogens is 2. The van der Waals surface area contributed by atoms with Gasteiger partial charge in [-0.1, -0.05) is 23.7 Å². The molecule has 1 N–H and O–H groups in total. The number of anilines is 1. The third kappa shape index (κ3) is 4.01. The van der Waals surface area contributed by atoms with Gasteiger partial charge in [0.2, 0.25) is 0 Å². The summed E-state index contributed by atoms with van der Waals surface area (Å²) >= 11 is 6.14. The second-order valence-corrected chi connectivity index (χ2v) is 6.98. The molecule has 1 amide bonds. The molecule has 5 nitrogen and oxygen atoms in total. The Bertz CT molecular complexity index is 984. The molecule has 0 fully saturated rings. The lowest BCUT2D eigenvalue weighted by Gasteiger charge is -2.05. The highest BCUT2D eigenvalue weighted by Gasteiger charge is 2.29. The molecule has 0 saturated heterocycles. The van der Waals surface area contributed by atoms with E-state index in [1.807, 2.05) is 41.0 Å². The number of amides is 1. The van der Waals surface area contributed by atoms with Gasteiger partial charge in [0.25, 0.3) is 11.7 Å². The Hall–Kier alpha value is -2.50. The van der Waals surface area contributed by atoms with Crippen LogP contribution in [-0.2, 0) is 24.3 Å². The van der Waals surface area contributed by atoms with E-state index in [-0.39, 0.29) is 24.9 Å². The highest BCUT2D eigenvalue weighted by Crippen LogP contribution is 2.26. The van der Waals surface area contributed by atoms with Crippen LogP contribution in [0.5, 0.6) is 5.75 Å². The van der Waals surface area contributed by atoms with Crippen LogP contribution in [0, 0.1) is 0 Å². The third-order valence-electron chi connectivity index (χ3n) is 4.84. The van der Waals surface area contributed by atoms with Crippen LogP contribution in [0.1, 0.15) is 12.2 Å². The van der Waals surface area contributed by atoms with Crippen molar-refractivity contribution >= 4 is 23.2 Å². The van der Waals surface area contributed by atoms with Gasteiger partial charge >= 0.3 is 0 Å². The first-order valence-electron chi connectivity index (χ1n) is 8.96. The highest BCUT2D eigenvalue weighted by molar-refractivity contribution is 6.33. The predicted octanol–water partition coefficient (Wildman–Crippen LogP) is 0.693. The van der Waals surface area contributed by atoms with Gasteiger partial charge in [-0.15, -0.1) is 0 Å². The van der Waals surface area contributed by atoms with E-state index < -0.39 is 0 Å². The first-order valence-corrected chi connectivity index (χ1v) is 9.34. The molecular weight excluding hydrogens is 397 g/mol. The van der Waals surface area contributed by atoms with Crippen LogP contribution in [0.25, 0.3) is 11.3 Å². The zero-order valence-corrected chi connectivity index (χ0v) is 17.0. The van der Waals surface area contributed by atoms with E-state index >= 15 is 0 Å². The maximum absolute atomic E-state index is 12.5. The lowest BCUT2D eigenvalue weighted by atomic mass is 10.1. The fourth-order valence-corrected chi connectivity index (χ4v) is 3.73. The smallest absolute Gasteiger partial charge is 0.266 e. The minimum Gasteiger partial charge on any atom is -1.00 e. The molecule has 146 valence electrons. The fraction of sp³-hybridized carbons (Fsp3) is 0.238. The van der Waals surface area contributed by atoms with Gasteiger partial charge in [-0.3, -0.25) is 4.79 Å². The van der Waals surface area contributed by atoms with Gasteiger partial charge in [-0.25, -0.2) is 9.13 Å². The van der Waals surface area contributed by atoms with E-state index in [0.29, 0.717) is 10.7 Å². The van der Waals surface area contributed by atoms with Crippen molar-refractivity contribution in [3.8, 4) is 17.0 Å². The average Bonchev–Trinajstić information content (AvgIpc) is 3.28. The lowest BCUT2D eigenvalue weighted by molar-refractivity contribution is -0.690. The number of methoxy groups -OCH3 is 1. The summed E-state index contributed by atoms with van der Waals surface area (Å²) in [6.45, 7) is 1.23. The van der Waals surface area contributed by atoms with Crippen molar-refractivity contribution in [3.63, 3.8) is 0 Å². The molecular formula is C21H21Cl2N3O2. The molecule has 0 atom stereocenters. The maximum Gasteiger partial charge on any atom is 0.266 e. The van der Waals surface area contributed by atoms with Crippen LogP contribution in [0.4, 0.5) is 5.69 Å². The van der Waals surface area contributed by atoms with Crippen molar-refractivity contribution < 1.29 is 26.5 Å². The Balaban J connectivity index is 0.00000225. The van der Waals surface area contributed by atoms with Gasteiger partial charge in [-0.05, 0) is 42.8 Å². The molecule has 3 aromatic rings. The number of para-hydroxylation sites is 1. The Morgan fingerprint density at radius 3 is 2.68 bits per heavy atom. The van der Waals surface area contributed by atoms with Gasteiger partial charge in [0.05, 0.1) is 30.8 Å². The lowest BCUT2D eigenvalue weighted by Crippen LogP contribution is -3.00. The molecule has 2 aromatic carbocycles. The number of imidazole rings is 1. The van der Waals surface area contributed by atoms with E-state index in [4.69, 9.17) is 16.3 Å². The number of nitrogens with zero attached hydrogens (tertiary/aromatic N) is 2. The number of nitrogens with one attached hydrogen (secondary N) is 1. The van der Waals surface area contributed by atoms with Crippen molar-refractivity contribution in [1.29, 1.82) is 0 Å². The van der Waals surface area contributed by atoms with Crippen LogP contribution in [0.2, 0.25) is 5.02 Å². The standard InChI is InChI=1S/C21H20ClN3O2.ClH/c1-27-16-10-8-15(9-11-16)19-13-24(21-7-4-12-25(19)21)14-20(26)23-18-6-3-2-5-17(18)22;/h2-3,5-6,8-11,13H,4,7,12,14H2,1H3;1H. The SMILES string of the molecule is COc1ccc(-c2c[n+](CC(=O)Nc3ccccc3Cl)c3n2CCC3)cc1.[Cl-]. The van der Waals surface area contributed by atoms with Gasteiger partial charge in [0.1, 0.15) is 11.9 Å². The molecule has 7 heteroatoms. The summed E-state index contributed by atoms with van der Waals surface area (Å²) in [5.74, 6) is 1.92. The zero-order chi connectivity index (χ0) is 18.8. The van der Waals surface area contributed by atoms with Crippen LogP contribution < -0.4 is 27.0 Å². The van der Waals surface area contributed by atoms with Crippen molar-refractivity contribution in [3.05, 3.63) is 65.6 Å². The summed E-state index contributed by atoms with van der Waals surface area (Å²) in [5, 5.41) is 3.44. The summed E-state index contributed by atoms with van der Waals surface area (Å²) in [4.78, 5) is 12.5. The summed E-state index contributed by atoms with van der Waals surface area (Å²) < 4.78 is 9.58. The molecule has 0 spiro atoms. The normalized spacial score (nSPS) is 12.2. The quantitative estimate of drug-likeness (QED) is 0.621. The summed E-state index contributed by atoms with van der Waals surface area (Å²) in [7, 11) is 1.66. The summed E-state index contributed by atoms with van der Waals surface area (Å²) in [5.41, 5.74) is 2.87. The molecule has 0 bridgehead atoms. The van der Waals surface area contributed by atoms with Crippen molar-refractivity contribution in [2.45, 2.75) is 25.9 Å². The monoisotopic (exact) mass is 417 g/mol. The topological polar surface area (TPSA) is 47.1 Å². The van der Waals surface area contributed by atoms with Gasteiger partial charge in [0, 0.05) is 5.56 Å². The Labute approximate surface area is 175 Å². The molecule has 1 aliphatic heterocycles. The molecule has 0 saturated carbocycles. The number of ether oxygens (including phenoxy) is 1. The van der Waals surface area contributed by atoms with Crippen LogP contribution in [0.15, 0.2) is 54.7 Å². The minimum atomic E-state index is -0.0883. The number of aromatic nitrogens is 2. The number of fused-ring (bicyclic) bond motifs is 1. The number of rotatable bonds is 5. The van der Waals surface area contributed by atoms with E-state index in [1.54, 1.807) is 19.2 Å². The molecule has 1 aliphatic rings. The first-order chi connectivity index (χ1) is 13.2. The Morgan fingerprint density at radius 1 is 1.21 bits per heavy atom. The number of hydrogen-bond acceptors (Lipinski definition) is 2. The van der Waals surface area contributed by atoms with Gasteiger partial charge in [0.15, 0.2) is 12.2 Å². The van der Waals surface area contributed by atoms with Crippen molar-refractivity contribution in [1.82, 2.24) is 4.57 Å².